The predicted molar refractivity (Wildman–Crippen MR) is 163 cm³/mol. The predicted octanol–water partition coefficient (Wildman–Crippen LogP) is 5.68. The van der Waals surface area contributed by atoms with Gasteiger partial charge in [0.15, 0.2) is 0 Å². The van der Waals surface area contributed by atoms with Crippen LogP contribution in [-0.4, -0.2) is 36.1 Å². The van der Waals surface area contributed by atoms with Gasteiger partial charge in [-0.1, -0.05) is 76.6 Å². The van der Waals surface area contributed by atoms with Crippen molar-refractivity contribution < 1.29 is 19.1 Å². The highest BCUT2D eigenvalue weighted by Gasteiger charge is 2.23. The van der Waals surface area contributed by atoms with Crippen LogP contribution in [0.1, 0.15) is 27.5 Å². The number of amides is 3. The van der Waals surface area contributed by atoms with Crippen LogP contribution in [0.5, 0.6) is 5.75 Å². The maximum absolute atomic E-state index is 13.3. The summed E-state index contributed by atoms with van der Waals surface area (Å²) in [7, 11) is 1.56. The molecular formula is C32H27BrN4O4. The number of nitrogens with one attached hydrogen (secondary N) is 3. The summed E-state index contributed by atoms with van der Waals surface area (Å²) in [5, 5.41) is 6.29. The number of fused-ring (bicyclic) bond motifs is 1. The third kappa shape index (κ3) is 6.47. The van der Waals surface area contributed by atoms with Gasteiger partial charge in [0.2, 0.25) is 0 Å². The molecule has 0 saturated carbocycles. The zero-order valence-electron chi connectivity index (χ0n) is 22.1. The van der Waals surface area contributed by atoms with Gasteiger partial charge in [-0.3, -0.25) is 19.8 Å². The van der Waals surface area contributed by atoms with Crippen LogP contribution in [0.15, 0.2) is 114 Å². The summed E-state index contributed by atoms with van der Waals surface area (Å²) in [5.41, 5.74) is 5.89. The molecule has 9 heteroatoms. The smallest absolute Gasteiger partial charge is 0.328 e. The normalized spacial score (nSPS) is 10.8. The lowest BCUT2D eigenvalue weighted by Gasteiger charge is -2.19. The number of methoxy groups -OCH3 is 1. The Morgan fingerprint density at radius 1 is 0.805 bits per heavy atom. The standard InChI is InChI=1S/C32H27BrN4O4/c1-41-26-15-13-25(14-16-26)35-30(38)29-19-23-18-24(33)12-17-28(23)37(29)36-32(40)31(39)34-20-27(21-8-4-2-5-9-21)22-10-6-3-7-11-22/h2-19,27H,20H2,1H3,(H,34,39)(H,35,38)(H,36,40). The van der Waals surface area contributed by atoms with Gasteiger partial charge in [0.1, 0.15) is 11.4 Å². The monoisotopic (exact) mass is 610 g/mol. The van der Waals surface area contributed by atoms with Crippen molar-refractivity contribution in [2.75, 3.05) is 24.4 Å². The molecule has 0 spiro atoms. The third-order valence-electron chi connectivity index (χ3n) is 6.63. The van der Waals surface area contributed by atoms with Crippen LogP contribution in [0.4, 0.5) is 5.69 Å². The number of aromatic nitrogens is 1. The van der Waals surface area contributed by atoms with Crippen molar-refractivity contribution in [1.29, 1.82) is 0 Å². The van der Waals surface area contributed by atoms with E-state index in [4.69, 9.17) is 4.74 Å². The lowest BCUT2D eigenvalue weighted by molar-refractivity contribution is -0.136. The van der Waals surface area contributed by atoms with Crippen molar-refractivity contribution in [3.05, 3.63) is 130 Å². The van der Waals surface area contributed by atoms with Crippen molar-refractivity contribution in [2.45, 2.75) is 5.92 Å². The summed E-state index contributed by atoms with van der Waals surface area (Å²) in [5.74, 6) is -1.67. The second-order valence-electron chi connectivity index (χ2n) is 9.28. The SMILES string of the molecule is COc1ccc(NC(=O)c2cc3cc(Br)ccc3n2NC(=O)C(=O)NCC(c2ccccc2)c2ccccc2)cc1. The van der Waals surface area contributed by atoms with Gasteiger partial charge in [-0.05, 0) is 59.7 Å². The molecule has 206 valence electrons. The number of hydrogen-bond acceptors (Lipinski definition) is 4. The molecule has 8 nitrogen and oxygen atoms in total. The van der Waals surface area contributed by atoms with Gasteiger partial charge in [-0.2, -0.15) is 0 Å². The molecule has 0 aliphatic rings. The van der Waals surface area contributed by atoms with E-state index < -0.39 is 17.7 Å². The minimum Gasteiger partial charge on any atom is -0.497 e. The Morgan fingerprint density at radius 3 is 2.05 bits per heavy atom. The fourth-order valence-corrected chi connectivity index (χ4v) is 4.95. The number of rotatable bonds is 8. The fourth-order valence-electron chi connectivity index (χ4n) is 4.57. The summed E-state index contributed by atoms with van der Waals surface area (Å²) in [4.78, 5) is 39.4. The Morgan fingerprint density at radius 2 is 1.44 bits per heavy atom. The molecule has 0 bridgehead atoms. The highest BCUT2D eigenvalue weighted by molar-refractivity contribution is 9.10. The molecule has 41 heavy (non-hydrogen) atoms. The molecule has 5 rings (SSSR count). The van der Waals surface area contributed by atoms with E-state index in [1.807, 2.05) is 66.7 Å². The third-order valence-corrected chi connectivity index (χ3v) is 7.13. The van der Waals surface area contributed by atoms with E-state index >= 15 is 0 Å². The number of carbonyl (C=O) groups is 3. The Kier molecular flexibility index (Phi) is 8.45. The number of halogens is 1. The number of ether oxygens (including phenoxy) is 1. The number of hydrogen-bond donors (Lipinski definition) is 3. The maximum atomic E-state index is 13.3. The molecule has 0 aliphatic heterocycles. The van der Waals surface area contributed by atoms with Crippen LogP contribution >= 0.6 is 15.9 Å². The highest BCUT2D eigenvalue weighted by Crippen LogP contribution is 2.25. The zero-order chi connectivity index (χ0) is 28.8. The van der Waals surface area contributed by atoms with Gasteiger partial charge in [0, 0.05) is 28.0 Å². The van der Waals surface area contributed by atoms with E-state index in [2.05, 4.69) is 32.0 Å². The van der Waals surface area contributed by atoms with Gasteiger partial charge in [-0.15, -0.1) is 0 Å². The molecule has 4 aromatic carbocycles. The molecule has 0 atom stereocenters. The van der Waals surface area contributed by atoms with Gasteiger partial charge in [-0.25, -0.2) is 4.68 Å². The first-order valence-electron chi connectivity index (χ1n) is 12.9. The molecule has 0 fully saturated rings. The lowest BCUT2D eigenvalue weighted by Crippen LogP contribution is -2.41. The van der Waals surface area contributed by atoms with Crippen molar-refractivity contribution in [3.8, 4) is 5.75 Å². The molecule has 1 heterocycles. The summed E-state index contributed by atoms with van der Waals surface area (Å²) >= 11 is 3.44. The summed E-state index contributed by atoms with van der Waals surface area (Å²) < 4.78 is 7.31. The van der Waals surface area contributed by atoms with Crippen molar-refractivity contribution in [1.82, 2.24) is 9.99 Å². The molecular weight excluding hydrogens is 584 g/mol. The van der Waals surface area contributed by atoms with Crippen LogP contribution in [-0.2, 0) is 9.59 Å². The number of anilines is 1. The highest BCUT2D eigenvalue weighted by atomic mass is 79.9. The maximum Gasteiger partial charge on any atom is 0.328 e. The summed E-state index contributed by atoms with van der Waals surface area (Å²) in [6.07, 6.45) is 0. The Balaban J connectivity index is 1.35. The van der Waals surface area contributed by atoms with Gasteiger partial charge >= 0.3 is 11.8 Å². The molecule has 3 amide bonds. The molecule has 1 aromatic heterocycles. The number of carbonyl (C=O) groups excluding carboxylic acids is 3. The molecule has 3 N–H and O–H groups in total. The quantitative estimate of drug-likeness (QED) is 0.197. The average molecular weight is 611 g/mol. The second kappa shape index (κ2) is 12.5. The molecule has 0 saturated heterocycles. The molecule has 0 radical (unpaired) electrons. The Labute approximate surface area is 245 Å². The minimum atomic E-state index is -0.899. The van der Waals surface area contributed by atoms with E-state index in [0.29, 0.717) is 22.3 Å². The first-order chi connectivity index (χ1) is 19.9. The van der Waals surface area contributed by atoms with Crippen molar-refractivity contribution in [2.24, 2.45) is 0 Å². The molecule has 0 unspecified atom stereocenters. The van der Waals surface area contributed by atoms with E-state index in [0.717, 1.165) is 15.6 Å². The van der Waals surface area contributed by atoms with E-state index in [1.54, 1.807) is 49.6 Å². The topological polar surface area (TPSA) is 101 Å². The van der Waals surface area contributed by atoms with E-state index in [-0.39, 0.29) is 18.2 Å². The summed E-state index contributed by atoms with van der Waals surface area (Å²) in [6.45, 7) is 0.213. The number of benzene rings is 4. The first-order valence-corrected chi connectivity index (χ1v) is 13.7. The Hall–Kier alpha value is -4.89. The average Bonchev–Trinajstić information content (AvgIpc) is 3.35. The largest absolute Gasteiger partial charge is 0.497 e. The van der Waals surface area contributed by atoms with Crippen LogP contribution in [0.3, 0.4) is 0 Å². The Bertz CT molecular complexity index is 1650. The van der Waals surface area contributed by atoms with Crippen LogP contribution < -0.4 is 20.8 Å². The summed E-state index contributed by atoms with van der Waals surface area (Å²) in [6, 6.07) is 33.5. The number of nitrogens with zero attached hydrogens (tertiary/aromatic N) is 1. The fraction of sp³-hybridized carbons (Fsp3) is 0.0938. The van der Waals surface area contributed by atoms with E-state index in [9.17, 15) is 14.4 Å². The van der Waals surface area contributed by atoms with Gasteiger partial charge in [0.05, 0.1) is 12.6 Å². The first kappa shape index (κ1) is 27.7. The van der Waals surface area contributed by atoms with Gasteiger partial charge in [0.25, 0.3) is 5.91 Å². The van der Waals surface area contributed by atoms with Crippen LogP contribution in [0, 0.1) is 0 Å². The van der Waals surface area contributed by atoms with Crippen molar-refractivity contribution in [3.63, 3.8) is 0 Å². The van der Waals surface area contributed by atoms with Crippen molar-refractivity contribution >= 4 is 50.2 Å². The van der Waals surface area contributed by atoms with Crippen LogP contribution in [0.2, 0.25) is 0 Å². The van der Waals surface area contributed by atoms with E-state index in [1.165, 1.54) is 4.68 Å². The molecule has 0 aliphatic carbocycles. The molecule has 5 aromatic rings. The van der Waals surface area contributed by atoms with Crippen LogP contribution in [0.25, 0.3) is 10.9 Å². The second-order valence-corrected chi connectivity index (χ2v) is 10.2. The minimum absolute atomic E-state index is 0.148. The zero-order valence-corrected chi connectivity index (χ0v) is 23.7. The van der Waals surface area contributed by atoms with Gasteiger partial charge < -0.3 is 15.4 Å². The lowest BCUT2D eigenvalue weighted by atomic mass is 9.91.